The lowest BCUT2D eigenvalue weighted by molar-refractivity contribution is -0.115. The van der Waals surface area contributed by atoms with Crippen molar-refractivity contribution in [3.05, 3.63) is 29.8 Å². The summed E-state index contributed by atoms with van der Waals surface area (Å²) in [5.74, 6) is -0.354. The average Bonchev–Trinajstić information content (AvgIpc) is 2.45. The first-order valence-corrected chi connectivity index (χ1v) is 7.62. The average molecular weight is 295 g/mol. The molecule has 2 amide bonds. The molecular weight excluding hydrogens is 274 g/mol. The molecule has 0 aliphatic heterocycles. The van der Waals surface area contributed by atoms with E-state index < -0.39 is 5.91 Å². The second kappa shape index (κ2) is 9.39. The number of nitrogens with two attached hydrogens (primary N) is 1. The number of hydrogen-bond donors (Lipinski definition) is 3. The molecule has 4 N–H and O–H groups in total. The minimum Gasteiger partial charge on any atom is -0.369 e. The first kappa shape index (κ1) is 16.5. The molecular formula is C14H21N3O2S. The van der Waals surface area contributed by atoms with Gasteiger partial charge in [-0.1, -0.05) is 19.1 Å². The zero-order valence-corrected chi connectivity index (χ0v) is 12.5. The van der Waals surface area contributed by atoms with Crippen molar-refractivity contribution in [1.29, 1.82) is 0 Å². The second-order valence-electron chi connectivity index (χ2n) is 4.26. The van der Waals surface area contributed by atoms with E-state index in [1.165, 1.54) is 11.8 Å². The van der Waals surface area contributed by atoms with E-state index in [4.69, 9.17) is 5.73 Å². The number of primary amides is 1. The van der Waals surface area contributed by atoms with Gasteiger partial charge in [0.1, 0.15) is 0 Å². The highest BCUT2D eigenvalue weighted by Gasteiger charge is 2.11. The van der Waals surface area contributed by atoms with Crippen LogP contribution in [0.15, 0.2) is 29.2 Å². The molecule has 1 aromatic carbocycles. The van der Waals surface area contributed by atoms with E-state index in [1.807, 2.05) is 12.1 Å². The lowest BCUT2D eigenvalue weighted by Gasteiger charge is -2.09. The SMILES string of the molecule is CCCNCCNC(=O)c1ccccc1SCC(N)=O. The number of benzene rings is 1. The molecule has 0 spiro atoms. The largest absolute Gasteiger partial charge is 0.369 e. The monoisotopic (exact) mass is 295 g/mol. The zero-order valence-electron chi connectivity index (χ0n) is 11.6. The van der Waals surface area contributed by atoms with Gasteiger partial charge in [-0.2, -0.15) is 0 Å². The Morgan fingerprint density at radius 3 is 2.65 bits per heavy atom. The van der Waals surface area contributed by atoms with Gasteiger partial charge in [-0.05, 0) is 25.1 Å². The molecule has 0 aromatic heterocycles. The summed E-state index contributed by atoms with van der Waals surface area (Å²) < 4.78 is 0. The van der Waals surface area contributed by atoms with Crippen molar-refractivity contribution in [2.45, 2.75) is 18.2 Å². The summed E-state index contributed by atoms with van der Waals surface area (Å²) in [6, 6.07) is 7.21. The summed E-state index contributed by atoms with van der Waals surface area (Å²) >= 11 is 1.28. The molecule has 0 aliphatic rings. The third kappa shape index (κ3) is 6.08. The number of carbonyl (C=O) groups excluding carboxylic acids is 2. The fourth-order valence-electron chi connectivity index (χ4n) is 1.59. The first-order chi connectivity index (χ1) is 9.65. The molecule has 6 heteroatoms. The Morgan fingerprint density at radius 2 is 1.95 bits per heavy atom. The van der Waals surface area contributed by atoms with Crippen molar-refractivity contribution in [3.8, 4) is 0 Å². The molecule has 1 aromatic rings. The van der Waals surface area contributed by atoms with E-state index in [2.05, 4.69) is 17.6 Å². The summed E-state index contributed by atoms with van der Waals surface area (Å²) in [6.45, 7) is 4.36. The topological polar surface area (TPSA) is 84.2 Å². The number of carbonyl (C=O) groups is 2. The minimum atomic E-state index is -0.394. The summed E-state index contributed by atoms with van der Waals surface area (Å²) in [5, 5.41) is 6.07. The molecule has 5 nitrogen and oxygen atoms in total. The Balaban J connectivity index is 2.51. The molecule has 110 valence electrons. The third-order valence-corrected chi connectivity index (χ3v) is 3.61. The molecule has 1 rings (SSSR count). The van der Waals surface area contributed by atoms with Crippen LogP contribution in [0.5, 0.6) is 0 Å². The fraction of sp³-hybridized carbons (Fsp3) is 0.429. The Kier molecular flexibility index (Phi) is 7.75. The van der Waals surface area contributed by atoms with Crippen molar-refractivity contribution in [3.63, 3.8) is 0 Å². The Labute approximate surface area is 123 Å². The van der Waals surface area contributed by atoms with E-state index in [0.717, 1.165) is 24.4 Å². The van der Waals surface area contributed by atoms with Crippen LogP contribution in [-0.4, -0.2) is 37.2 Å². The molecule has 0 bridgehead atoms. The Bertz CT molecular complexity index is 452. The van der Waals surface area contributed by atoms with Crippen LogP contribution in [0.2, 0.25) is 0 Å². The minimum absolute atomic E-state index is 0.129. The summed E-state index contributed by atoms with van der Waals surface area (Å²) in [5.41, 5.74) is 5.70. The summed E-state index contributed by atoms with van der Waals surface area (Å²) in [6.07, 6.45) is 1.07. The molecule has 0 saturated carbocycles. The first-order valence-electron chi connectivity index (χ1n) is 6.64. The predicted molar refractivity (Wildman–Crippen MR) is 81.9 cm³/mol. The van der Waals surface area contributed by atoms with Crippen LogP contribution >= 0.6 is 11.8 Å². The van der Waals surface area contributed by atoms with Gasteiger partial charge in [0.2, 0.25) is 5.91 Å². The van der Waals surface area contributed by atoms with Gasteiger partial charge in [0.15, 0.2) is 0 Å². The Hall–Kier alpha value is -1.53. The highest BCUT2D eigenvalue weighted by molar-refractivity contribution is 8.00. The van der Waals surface area contributed by atoms with E-state index in [9.17, 15) is 9.59 Å². The van der Waals surface area contributed by atoms with Crippen LogP contribution in [0.25, 0.3) is 0 Å². The van der Waals surface area contributed by atoms with Crippen LogP contribution < -0.4 is 16.4 Å². The standard InChI is InChI=1S/C14H21N3O2S/c1-2-7-16-8-9-17-14(19)11-5-3-4-6-12(11)20-10-13(15)18/h3-6,16H,2,7-10H2,1H3,(H2,15,18)(H,17,19). The third-order valence-electron chi connectivity index (χ3n) is 2.52. The van der Waals surface area contributed by atoms with Crippen molar-refractivity contribution >= 4 is 23.6 Å². The van der Waals surface area contributed by atoms with Crippen molar-refractivity contribution in [2.24, 2.45) is 5.73 Å². The maximum absolute atomic E-state index is 12.1. The number of nitrogens with one attached hydrogen (secondary N) is 2. The summed E-state index contributed by atoms with van der Waals surface area (Å²) in [7, 11) is 0. The predicted octanol–water partition coefficient (Wildman–Crippen LogP) is 0.993. The lowest BCUT2D eigenvalue weighted by atomic mass is 10.2. The summed E-state index contributed by atoms with van der Waals surface area (Å²) in [4.78, 5) is 23.7. The number of amides is 2. The maximum atomic E-state index is 12.1. The number of hydrogen-bond acceptors (Lipinski definition) is 4. The van der Waals surface area contributed by atoms with Crippen LogP contribution in [0.3, 0.4) is 0 Å². The van der Waals surface area contributed by atoms with E-state index in [1.54, 1.807) is 12.1 Å². The molecule has 0 fully saturated rings. The van der Waals surface area contributed by atoms with Crippen molar-refractivity contribution in [1.82, 2.24) is 10.6 Å². The normalized spacial score (nSPS) is 10.2. The molecule has 20 heavy (non-hydrogen) atoms. The lowest BCUT2D eigenvalue weighted by Crippen LogP contribution is -2.32. The molecule has 0 unspecified atom stereocenters. The molecule has 0 radical (unpaired) electrons. The van der Waals surface area contributed by atoms with Crippen LogP contribution in [0.1, 0.15) is 23.7 Å². The molecule has 0 saturated heterocycles. The van der Waals surface area contributed by atoms with Crippen LogP contribution in [0.4, 0.5) is 0 Å². The highest BCUT2D eigenvalue weighted by atomic mass is 32.2. The van der Waals surface area contributed by atoms with Crippen LogP contribution in [0, 0.1) is 0 Å². The highest BCUT2D eigenvalue weighted by Crippen LogP contribution is 2.22. The van der Waals surface area contributed by atoms with E-state index in [-0.39, 0.29) is 11.7 Å². The molecule has 0 heterocycles. The number of thioether (sulfide) groups is 1. The van der Waals surface area contributed by atoms with Gasteiger partial charge in [0, 0.05) is 18.0 Å². The van der Waals surface area contributed by atoms with Gasteiger partial charge in [-0.15, -0.1) is 11.8 Å². The maximum Gasteiger partial charge on any atom is 0.252 e. The smallest absolute Gasteiger partial charge is 0.252 e. The van der Waals surface area contributed by atoms with Gasteiger partial charge in [-0.3, -0.25) is 9.59 Å². The van der Waals surface area contributed by atoms with Crippen molar-refractivity contribution in [2.75, 3.05) is 25.4 Å². The Morgan fingerprint density at radius 1 is 1.20 bits per heavy atom. The van der Waals surface area contributed by atoms with Gasteiger partial charge >= 0.3 is 0 Å². The molecule has 0 aliphatic carbocycles. The van der Waals surface area contributed by atoms with Gasteiger partial charge in [0.05, 0.1) is 11.3 Å². The molecule has 0 atom stereocenters. The van der Waals surface area contributed by atoms with Gasteiger partial charge in [-0.25, -0.2) is 0 Å². The van der Waals surface area contributed by atoms with Crippen LogP contribution in [-0.2, 0) is 4.79 Å². The number of rotatable bonds is 9. The quantitative estimate of drug-likeness (QED) is 0.468. The zero-order chi connectivity index (χ0) is 14.8. The van der Waals surface area contributed by atoms with E-state index >= 15 is 0 Å². The second-order valence-corrected chi connectivity index (χ2v) is 5.27. The fourth-order valence-corrected chi connectivity index (χ4v) is 2.38. The van der Waals surface area contributed by atoms with Gasteiger partial charge in [0.25, 0.3) is 5.91 Å². The van der Waals surface area contributed by atoms with Crippen molar-refractivity contribution < 1.29 is 9.59 Å². The van der Waals surface area contributed by atoms with E-state index in [0.29, 0.717) is 12.1 Å². The van der Waals surface area contributed by atoms with Gasteiger partial charge < -0.3 is 16.4 Å².